The molecule has 2 heterocycles. The van der Waals surface area contributed by atoms with Crippen LogP contribution in [0, 0.1) is 0 Å². The van der Waals surface area contributed by atoms with Crippen LogP contribution < -0.4 is 14.8 Å². The lowest BCUT2D eigenvalue weighted by Crippen LogP contribution is -2.20. The molecule has 2 aliphatic heterocycles. The van der Waals surface area contributed by atoms with Crippen molar-refractivity contribution in [2.75, 3.05) is 6.79 Å². The largest absolute Gasteiger partial charge is 0.454 e. The summed E-state index contributed by atoms with van der Waals surface area (Å²) in [5, 5.41) is 3.35. The number of carbonyl (C=O) groups excluding carboxylic acids is 2. The Balaban J connectivity index is 1.56. The maximum Gasteiger partial charge on any atom is 0.279 e. The van der Waals surface area contributed by atoms with Gasteiger partial charge in [0.25, 0.3) is 11.8 Å². The SMILES string of the molecule is O=C1NC(=NC(=O)c2ccc(Cl)cc2)S/C1=C\c1cc2c(cc1Br)OCO2. The molecule has 0 spiro atoms. The molecule has 4 rings (SSSR count). The average molecular weight is 466 g/mol. The van der Waals surface area contributed by atoms with Crippen molar-refractivity contribution in [3.8, 4) is 11.5 Å². The van der Waals surface area contributed by atoms with E-state index in [0.29, 0.717) is 27.0 Å². The van der Waals surface area contributed by atoms with Gasteiger partial charge in [-0.3, -0.25) is 9.59 Å². The lowest BCUT2D eigenvalue weighted by Gasteiger charge is -2.02. The van der Waals surface area contributed by atoms with Gasteiger partial charge in [-0.1, -0.05) is 27.5 Å². The molecule has 9 heteroatoms. The van der Waals surface area contributed by atoms with Crippen LogP contribution in [0.4, 0.5) is 0 Å². The van der Waals surface area contributed by atoms with E-state index in [-0.39, 0.29) is 17.9 Å². The molecule has 0 aromatic heterocycles. The molecule has 27 heavy (non-hydrogen) atoms. The lowest BCUT2D eigenvalue weighted by molar-refractivity contribution is -0.115. The molecular weight excluding hydrogens is 456 g/mol. The van der Waals surface area contributed by atoms with Gasteiger partial charge in [0.1, 0.15) is 0 Å². The van der Waals surface area contributed by atoms with Crippen molar-refractivity contribution in [1.29, 1.82) is 0 Å². The Labute approximate surface area is 171 Å². The Kier molecular flexibility index (Phi) is 4.94. The number of thioether (sulfide) groups is 1. The number of rotatable bonds is 2. The van der Waals surface area contributed by atoms with Crippen LogP contribution in [0.15, 0.2) is 50.8 Å². The minimum Gasteiger partial charge on any atom is -0.454 e. The molecule has 136 valence electrons. The van der Waals surface area contributed by atoms with Gasteiger partial charge < -0.3 is 14.8 Å². The van der Waals surface area contributed by atoms with Gasteiger partial charge in [0.2, 0.25) is 6.79 Å². The number of hydrogen-bond donors (Lipinski definition) is 1. The zero-order valence-corrected chi connectivity index (χ0v) is 16.7. The standard InChI is InChI=1S/C18H10BrClN2O4S/c19-12-7-14-13(25-8-26-14)5-10(12)6-15-17(24)22-18(27-15)21-16(23)9-1-3-11(20)4-2-9/h1-7H,8H2,(H,21,22,23,24)/b15-6-. The van der Waals surface area contributed by atoms with Gasteiger partial charge >= 0.3 is 0 Å². The molecule has 1 saturated heterocycles. The van der Waals surface area contributed by atoms with Gasteiger partial charge in [0.15, 0.2) is 16.7 Å². The molecule has 2 aromatic carbocycles. The normalized spacial score (nSPS) is 18.2. The lowest BCUT2D eigenvalue weighted by atomic mass is 10.2. The third kappa shape index (κ3) is 3.87. The van der Waals surface area contributed by atoms with E-state index in [1.807, 2.05) is 0 Å². The molecule has 0 aliphatic carbocycles. The van der Waals surface area contributed by atoms with Crippen molar-refractivity contribution in [1.82, 2.24) is 5.32 Å². The summed E-state index contributed by atoms with van der Waals surface area (Å²) in [4.78, 5) is 28.8. The number of ether oxygens (including phenoxy) is 2. The summed E-state index contributed by atoms with van der Waals surface area (Å²) < 4.78 is 11.4. The molecule has 2 aliphatic rings. The Bertz CT molecular complexity index is 1020. The number of amides is 2. The number of fused-ring (bicyclic) bond motifs is 1. The fraction of sp³-hybridized carbons (Fsp3) is 0.0556. The quantitative estimate of drug-likeness (QED) is 0.672. The molecule has 0 bridgehead atoms. The van der Waals surface area contributed by atoms with Crippen molar-refractivity contribution in [3.05, 3.63) is 61.9 Å². The molecule has 0 saturated carbocycles. The van der Waals surface area contributed by atoms with Gasteiger partial charge in [-0.15, -0.1) is 0 Å². The van der Waals surface area contributed by atoms with Crippen molar-refractivity contribution in [2.24, 2.45) is 4.99 Å². The van der Waals surface area contributed by atoms with Crippen LogP contribution >= 0.6 is 39.3 Å². The highest BCUT2D eigenvalue weighted by Gasteiger charge is 2.26. The van der Waals surface area contributed by atoms with Crippen LogP contribution in [-0.4, -0.2) is 23.8 Å². The Morgan fingerprint density at radius 1 is 1.22 bits per heavy atom. The second kappa shape index (κ2) is 7.38. The summed E-state index contributed by atoms with van der Waals surface area (Å²) in [6.07, 6.45) is 1.70. The third-order valence-electron chi connectivity index (χ3n) is 3.72. The summed E-state index contributed by atoms with van der Waals surface area (Å²) in [6, 6.07) is 9.94. The summed E-state index contributed by atoms with van der Waals surface area (Å²) in [5.41, 5.74) is 1.14. The van der Waals surface area contributed by atoms with Crippen LogP contribution in [0.2, 0.25) is 5.02 Å². The fourth-order valence-corrected chi connectivity index (χ4v) is 3.79. The highest BCUT2D eigenvalue weighted by atomic mass is 79.9. The number of benzene rings is 2. The molecular formula is C18H10BrClN2O4S. The molecule has 2 aromatic rings. The Hall–Kier alpha value is -2.29. The second-order valence-electron chi connectivity index (χ2n) is 5.52. The molecule has 0 atom stereocenters. The first-order chi connectivity index (χ1) is 13.0. The maximum absolute atomic E-state index is 12.2. The molecule has 2 amide bonds. The van der Waals surface area contributed by atoms with Gasteiger partial charge in [-0.05, 0) is 59.8 Å². The molecule has 1 fully saturated rings. The van der Waals surface area contributed by atoms with Crippen LogP contribution in [0.5, 0.6) is 11.5 Å². The van der Waals surface area contributed by atoms with E-state index in [9.17, 15) is 9.59 Å². The molecule has 1 N–H and O–H groups in total. The van der Waals surface area contributed by atoms with E-state index in [1.165, 1.54) is 0 Å². The van der Waals surface area contributed by atoms with E-state index in [1.54, 1.807) is 42.5 Å². The molecule has 0 unspecified atom stereocenters. The number of nitrogens with one attached hydrogen (secondary N) is 1. The average Bonchev–Trinajstić information content (AvgIpc) is 3.22. The topological polar surface area (TPSA) is 77.0 Å². The van der Waals surface area contributed by atoms with E-state index in [2.05, 4.69) is 26.2 Å². The Morgan fingerprint density at radius 2 is 1.93 bits per heavy atom. The Morgan fingerprint density at radius 3 is 2.67 bits per heavy atom. The fourth-order valence-electron chi connectivity index (χ4n) is 2.41. The van der Waals surface area contributed by atoms with Crippen molar-refractivity contribution in [2.45, 2.75) is 0 Å². The predicted octanol–water partition coefficient (Wildman–Crippen LogP) is 4.23. The predicted molar refractivity (Wildman–Crippen MR) is 107 cm³/mol. The minimum atomic E-state index is -0.458. The van der Waals surface area contributed by atoms with Crippen LogP contribution in [0.3, 0.4) is 0 Å². The first kappa shape index (κ1) is 18.1. The van der Waals surface area contributed by atoms with Crippen LogP contribution in [0.25, 0.3) is 6.08 Å². The van der Waals surface area contributed by atoms with Crippen LogP contribution in [0.1, 0.15) is 15.9 Å². The zero-order chi connectivity index (χ0) is 19.0. The van der Waals surface area contributed by atoms with Crippen LogP contribution in [-0.2, 0) is 4.79 Å². The highest BCUT2D eigenvalue weighted by Crippen LogP contribution is 2.38. The first-order valence-electron chi connectivity index (χ1n) is 7.68. The number of hydrogen-bond acceptors (Lipinski definition) is 5. The number of nitrogens with zero attached hydrogens (tertiary/aromatic N) is 1. The van der Waals surface area contributed by atoms with Crippen molar-refractivity contribution >= 4 is 62.4 Å². The molecule has 0 radical (unpaired) electrons. The van der Waals surface area contributed by atoms with E-state index in [0.717, 1.165) is 21.8 Å². The number of aliphatic imine (C=N–C) groups is 1. The summed E-state index contributed by atoms with van der Waals surface area (Å²) >= 11 is 10.4. The van der Waals surface area contributed by atoms with E-state index >= 15 is 0 Å². The zero-order valence-electron chi connectivity index (χ0n) is 13.5. The minimum absolute atomic E-state index is 0.167. The number of amidine groups is 1. The van der Waals surface area contributed by atoms with E-state index in [4.69, 9.17) is 21.1 Å². The van der Waals surface area contributed by atoms with Gasteiger partial charge in [0, 0.05) is 15.1 Å². The number of halogens is 2. The summed E-state index contributed by atoms with van der Waals surface area (Å²) in [6.45, 7) is 0.167. The first-order valence-corrected chi connectivity index (χ1v) is 9.67. The summed E-state index contributed by atoms with van der Waals surface area (Å²) in [7, 11) is 0. The van der Waals surface area contributed by atoms with Crippen molar-refractivity contribution < 1.29 is 19.1 Å². The molecule has 6 nitrogen and oxygen atoms in total. The second-order valence-corrected chi connectivity index (χ2v) is 7.84. The van der Waals surface area contributed by atoms with Gasteiger partial charge in [-0.2, -0.15) is 4.99 Å². The van der Waals surface area contributed by atoms with Gasteiger partial charge in [0.05, 0.1) is 4.91 Å². The number of carbonyl (C=O) groups is 2. The highest BCUT2D eigenvalue weighted by molar-refractivity contribution is 9.10. The third-order valence-corrected chi connectivity index (χ3v) is 5.57. The monoisotopic (exact) mass is 464 g/mol. The maximum atomic E-state index is 12.2. The van der Waals surface area contributed by atoms with Gasteiger partial charge in [-0.25, -0.2) is 0 Å². The van der Waals surface area contributed by atoms with E-state index < -0.39 is 5.91 Å². The smallest absolute Gasteiger partial charge is 0.279 e. The summed E-state index contributed by atoms with van der Waals surface area (Å²) in [5.74, 6) is 0.468. The van der Waals surface area contributed by atoms with Crippen molar-refractivity contribution in [3.63, 3.8) is 0 Å².